The number of nitrogens with one attached hydrogen (secondary N) is 1. The van der Waals surface area contributed by atoms with Crippen LogP contribution in [0.2, 0.25) is 0 Å². The summed E-state index contributed by atoms with van der Waals surface area (Å²) in [6.07, 6.45) is 4.42. The summed E-state index contributed by atoms with van der Waals surface area (Å²) in [7, 11) is 1.81. The third-order valence-corrected chi connectivity index (χ3v) is 2.88. The van der Waals surface area contributed by atoms with E-state index >= 15 is 0 Å². The van der Waals surface area contributed by atoms with Gasteiger partial charge in [-0.25, -0.2) is 0 Å². The molecule has 1 aliphatic rings. The normalized spacial score (nSPS) is 20.7. The second-order valence-corrected chi connectivity index (χ2v) is 3.95. The maximum Gasteiger partial charge on any atom is 0.250 e. The van der Waals surface area contributed by atoms with Gasteiger partial charge in [-0.3, -0.25) is 4.79 Å². The highest BCUT2D eigenvalue weighted by molar-refractivity contribution is 5.85. The Bertz CT molecular complexity index is 369. The van der Waals surface area contributed by atoms with Crippen LogP contribution in [0.5, 0.6) is 0 Å². The van der Waals surface area contributed by atoms with Crippen LogP contribution in [0.4, 0.5) is 0 Å². The van der Waals surface area contributed by atoms with E-state index in [4.69, 9.17) is 0 Å². The fraction of sp³-hybridized carbons (Fsp3) is 0.545. The van der Waals surface area contributed by atoms with E-state index in [1.807, 2.05) is 19.3 Å². The monoisotopic (exact) mass is 228 g/mol. The van der Waals surface area contributed by atoms with E-state index in [0.717, 1.165) is 13.1 Å². The molecule has 1 N–H and O–H groups in total. The number of hydrogen-bond donors (Lipinski definition) is 1. The van der Waals surface area contributed by atoms with Gasteiger partial charge in [-0.2, -0.15) is 0 Å². The van der Waals surface area contributed by atoms with Gasteiger partial charge in [0.25, 0.3) is 0 Å². The number of halogens is 1. The van der Waals surface area contributed by atoms with E-state index in [1.54, 1.807) is 10.6 Å². The van der Waals surface area contributed by atoms with Crippen molar-refractivity contribution in [3.05, 3.63) is 34.2 Å². The molecular weight excluding hydrogens is 212 g/mol. The number of pyridine rings is 1. The van der Waals surface area contributed by atoms with Gasteiger partial charge in [-0.05, 0) is 30.9 Å². The van der Waals surface area contributed by atoms with Crippen molar-refractivity contribution >= 4 is 12.4 Å². The molecule has 0 saturated carbocycles. The molecule has 0 bridgehead atoms. The van der Waals surface area contributed by atoms with Crippen LogP contribution in [0.25, 0.3) is 0 Å². The largest absolute Gasteiger partial charge is 0.318 e. The molecular formula is C11H17ClN2O. The van der Waals surface area contributed by atoms with E-state index in [0.29, 0.717) is 5.92 Å². The Kier molecular flexibility index (Phi) is 4.36. The summed E-state index contributed by atoms with van der Waals surface area (Å²) in [4.78, 5) is 11.2. The maximum absolute atomic E-state index is 11.2. The van der Waals surface area contributed by atoms with E-state index in [-0.39, 0.29) is 18.0 Å². The average Bonchev–Trinajstić information content (AvgIpc) is 2.23. The second-order valence-electron chi connectivity index (χ2n) is 3.95. The highest BCUT2D eigenvalue weighted by Crippen LogP contribution is 2.21. The Morgan fingerprint density at radius 2 is 2.27 bits per heavy atom. The third kappa shape index (κ3) is 2.83. The van der Waals surface area contributed by atoms with Crippen molar-refractivity contribution in [1.29, 1.82) is 0 Å². The van der Waals surface area contributed by atoms with E-state index in [1.165, 1.54) is 18.4 Å². The molecule has 0 radical (unpaired) electrons. The molecule has 1 saturated heterocycles. The van der Waals surface area contributed by atoms with Crippen LogP contribution in [0, 0.1) is 0 Å². The van der Waals surface area contributed by atoms with Gasteiger partial charge >= 0.3 is 0 Å². The zero-order valence-corrected chi connectivity index (χ0v) is 9.72. The van der Waals surface area contributed by atoms with Crippen molar-refractivity contribution in [3.8, 4) is 0 Å². The maximum atomic E-state index is 11.2. The van der Waals surface area contributed by atoms with Crippen LogP contribution in [0.15, 0.2) is 23.1 Å². The minimum atomic E-state index is 0. The summed E-state index contributed by atoms with van der Waals surface area (Å²) in [6, 6.07) is 3.62. The molecule has 1 fully saturated rings. The molecule has 2 heterocycles. The lowest BCUT2D eigenvalue weighted by atomic mass is 9.93. The second kappa shape index (κ2) is 5.33. The molecule has 0 aromatic carbocycles. The van der Waals surface area contributed by atoms with Gasteiger partial charge in [0, 0.05) is 25.9 Å². The summed E-state index contributed by atoms with van der Waals surface area (Å²) in [6.45, 7) is 2.17. The Morgan fingerprint density at radius 3 is 2.87 bits per heavy atom. The number of hydrogen-bond acceptors (Lipinski definition) is 2. The first-order valence-corrected chi connectivity index (χ1v) is 5.14. The zero-order valence-electron chi connectivity index (χ0n) is 8.90. The topological polar surface area (TPSA) is 34.0 Å². The van der Waals surface area contributed by atoms with Gasteiger partial charge in [0.1, 0.15) is 0 Å². The standard InChI is InChI=1S/C11H16N2O.ClH/c1-13-8-10(4-5-11(13)14)9-3-2-6-12-7-9;/h4-5,8-9,12H,2-3,6-7H2,1H3;1H/t9-;/m0./s1. The zero-order chi connectivity index (χ0) is 9.97. The molecule has 1 atom stereocenters. The molecule has 15 heavy (non-hydrogen) atoms. The van der Waals surface area contributed by atoms with Crippen LogP contribution < -0.4 is 10.9 Å². The summed E-state index contributed by atoms with van der Waals surface area (Å²) < 4.78 is 1.66. The Hall–Kier alpha value is -0.800. The predicted octanol–water partition coefficient (Wildman–Crippen LogP) is 1.27. The van der Waals surface area contributed by atoms with Crippen molar-refractivity contribution in [1.82, 2.24) is 9.88 Å². The van der Waals surface area contributed by atoms with Crippen LogP contribution >= 0.6 is 12.4 Å². The summed E-state index contributed by atoms with van der Waals surface area (Å²) in [5.74, 6) is 0.579. The van der Waals surface area contributed by atoms with Gasteiger partial charge in [-0.1, -0.05) is 6.07 Å². The Morgan fingerprint density at radius 1 is 1.47 bits per heavy atom. The molecule has 0 spiro atoms. The molecule has 84 valence electrons. The molecule has 1 aromatic rings. The molecule has 3 nitrogen and oxygen atoms in total. The molecule has 4 heteroatoms. The van der Waals surface area contributed by atoms with Crippen LogP contribution in [0.3, 0.4) is 0 Å². The highest BCUT2D eigenvalue weighted by Gasteiger charge is 2.15. The van der Waals surface area contributed by atoms with Crippen LogP contribution in [-0.4, -0.2) is 17.7 Å². The summed E-state index contributed by atoms with van der Waals surface area (Å²) in [5, 5.41) is 3.38. The summed E-state index contributed by atoms with van der Waals surface area (Å²) in [5.41, 5.74) is 1.34. The van der Waals surface area contributed by atoms with Gasteiger partial charge in [0.05, 0.1) is 0 Å². The molecule has 2 rings (SSSR count). The smallest absolute Gasteiger partial charge is 0.250 e. The van der Waals surface area contributed by atoms with Crippen LogP contribution in [-0.2, 0) is 7.05 Å². The van der Waals surface area contributed by atoms with Crippen molar-refractivity contribution < 1.29 is 0 Å². The quantitative estimate of drug-likeness (QED) is 0.786. The van der Waals surface area contributed by atoms with Crippen molar-refractivity contribution in [2.24, 2.45) is 7.05 Å². The van der Waals surface area contributed by atoms with Gasteiger partial charge in [0.15, 0.2) is 0 Å². The Balaban J connectivity index is 0.00000112. The fourth-order valence-electron chi connectivity index (χ4n) is 1.99. The first-order valence-electron chi connectivity index (χ1n) is 5.14. The molecule has 0 aliphatic carbocycles. The number of aryl methyl sites for hydroxylation is 1. The SMILES string of the molecule is Cl.Cn1cc([C@H]2CCCNC2)ccc1=O. The minimum absolute atomic E-state index is 0. The van der Waals surface area contributed by atoms with Crippen molar-refractivity contribution in [2.75, 3.05) is 13.1 Å². The van der Waals surface area contributed by atoms with Crippen LogP contribution in [0.1, 0.15) is 24.3 Å². The molecule has 0 unspecified atom stereocenters. The first-order chi connectivity index (χ1) is 6.77. The van der Waals surface area contributed by atoms with Crippen molar-refractivity contribution in [3.63, 3.8) is 0 Å². The number of aromatic nitrogens is 1. The minimum Gasteiger partial charge on any atom is -0.318 e. The highest BCUT2D eigenvalue weighted by atomic mass is 35.5. The average molecular weight is 229 g/mol. The summed E-state index contributed by atoms with van der Waals surface area (Å²) >= 11 is 0. The number of rotatable bonds is 1. The lowest BCUT2D eigenvalue weighted by molar-refractivity contribution is 0.459. The molecule has 1 aliphatic heterocycles. The lowest BCUT2D eigenvalue weighted by Crippen LogP contribution is -2.29. The number of piperidine rings is 1. The molecule has 1 aromatic heterocycles. The van der Waals surface area contributed by atoms with Crippen molar-refractivity contribution in [2.45, 2.75) is 18.8 Å². The van der Waals surface area contributed by atoms with Gasteiger partial charge < -0.3 is 9.88 Å². The van der Waals surface area contributed by atoms with E-state index < -0.39 is 0 Å². The predicted molar refractivity (Wildman–Crippen MR) is 63.8 cm³/mol. The molecule has 0 amide bonds. The van der Waals surface area contributed by atoms with Gasteiger partial charge in [0.2, 0.25) is 5.56 Å². The number of nitrogens with zero attached hydrogens (tertiary/aromatic N) is 1. The third-order valence-electron chi connectivity index (χ3n) is 2.88. The van der Waals surface area contributed by atoms with E-state index in [9.17, 15) is 4.79 Å². The fourth-order valence-corrected chi connectivity index (χ4v) is 1.99. The first kappa shape index (κ1) is 12.3. The van der Waals surface area contributed by atoms with Gasteiger partial charge in [-0.15, -0.1) is 12.4 Å². The Labute approximate surface area is 95.9 Å². The van der Waals surface area contributed by atoms with E-state index in [2.05, 4.69) is 5.32 Å². The lowest BCUT2D eigenvalue weighted by Gasteiger charge is -2.23.